The zero-order valence-electron chi connectivity index (χ0n) is 13.4. The van der Waals surface area contributed by atoms with Crippen LogP contribution in [0.4, 0.5) is 0 Å². The van der Waals surface area contributed by atoms with Crippen LogP contribution in [0.2, 0.25) is 10.2 Å². The van der Waals surface area contributed by atoms with Gasteiger partial charge in [-0.2, -0.15) is 0 Å². The van der Waals surface area contributed by atoms with Gasteiger partial charge in [0.25, 0.3) is 5.91 Å². The summed E-state index contributed by atoms with van der Waals surface area (Å²) in [7, 11) is 0. The Morgan fingerprint density at radius 2 is 1.78 bits per heavy atom. The fourth-order valence-corrected chi connectivity index (χ4v) is 2.55. The fraction of sp³-hybridized carbons (Fsp3) is 0.0588. The third-order valence-electron chi connectivity index (χ3n) is 3.41. The first-order chi connectivity index (χ1) is 12.8. The number of aliphatic carboxylic acids is 1. The summed E-state index contributed by atoms with van der Waals surface area (Å²) in [4.78, 5) is 30.5. The second kappa shape index (κ2) is 7.65. The zero-order chi connectivity index (χ0) is 19.6. The van der Waals surface area contributed by atoms with Crippen LogP contribution in [0.3, 0.4) is 0 Å². The predicted octanol–water partition coefficient (Wildman–Crippen LogP) is 3.25. The number of nitrogens with one attached hydrogen (secondary N) is 1. The Kier molecular flexibility index (Phi) is 5.29. The minimum atomic E-state index is -1.24. The molecule has 138 valence electrons. The number of carbonyl (C=O) groups excluding carboxylic acids is 1. The summed E-state index contributed by atoms with van der Waals surface area (Å²) in [5.41, 5.74) is -0.280. The number of hydrogen-bond donors (Lipinski definition) is 3. The Hall–Kier alpha value is -3.10. The highest BCUT2D eigenvalue weighted by Crippen LogP contribution is 2.33. The molecule has 2 heterocycles. The van der Waals surface area contributed by atoms with E-state index in [0.29, 0.717) is 10.8 Å². The maximum absolute atomic E-state index is 12.0. The van der Waals surface area contributed by atoms with Gasteiger partial charge in [0.05, 0.1) is 0 Å². The van der Waals surface area contributed by atoms with E-state index in [9.17, 15) is 14.7 Å². The van der Waals surface area contributed by atoms with Gasteiger partial charge in [0.2, 0.25) is 5.88 Å². The van der Waals surface area contributed by atoms with Crippen LogP contribution >= 0.6 is 23.2 Å². The molecule has 0 saturated carbocycles. The summed E-state index contributed by atoms with van der Waals surface area (Å²) < 4.78 is 5.60. The topological polar surface area (TPSA) is 122 Å². The SMILES string of the molecule is O=C(O)CNC(=O)c1nc(Cl)c2nc(Oc3ccc(Cl)cc3)ccc2c1O. The van der Waals surface area contributed by atoms with E-state index in [4.69, 9.17) is 33.0 Å². The van der Waals surface area contributed by atoms with Crippen molar-refractivity contribution in [3.05, 3.63) is 52.3 Å². The van der Waals surface area contributed by atoms with Gasteiger partial charge < -0.3 is 20.3 Å². The minimum Gasteiger partial charge on any atom is -0.505 e. The van der Waals surface area contributed by atoms with Crippen LogP contribution in [0.15, 0.2) is 36.4 Å². The molecular formula is C17H11Cl2N3O5. The van der Waals surface area contributed by atoms with E-state index in [2.05, 4.69) is 15.3 Å². The average molecular weight is 408 g/mol. The number of carboxylic acid groups (broad SMARTS) is 1. The van der Waals surface area contributed by atoms with Gasteiger partial charge in [0, 0.05) is 16.5 Å². The first-order valence-electron chi connectivity index (χ1n) is 7.48. The molecule has 0 spiro atoms. The predicted molar refractivity (Wildman–Crippen MR) is 97.7 cm³/mol. The molecule has 8 nitrogen and oxygen atoms in total. The summed E-state index contributed by atoms with van der Waals surface area (Å²) in [5, 5.41) is 21.6. The number of amides is 1. The maximum Gasteiger partial charge on any atom is 0.322 e. The minimum absolute atomic E-state index is 0.121. The van der Waals surface area contributed by atoms with Crippen LogP contribution in [0.5, 0.6) is 17.4 Å². The lowest BCUT2D eigenvalue weighted by atomic mass is 10.2. The van der Waals surface area contributed by atoms with Crippen molar-refractivity contribution < 1.29 is 24.5 Å². The van der Waals surface area contributed by atoms with E-state index in [1.54, 1.807) is 24.3 Å². The quantitative estimate of drug-likeness (QED) is 0.554. The highest BCUT2D eigenvalue weighted by molar-refractivity contribution is 6.34. The van der Waals surface area contributed by atoms with Crippen molar-refractivity contribution in [3.63, 3.8) is 0 Å². The number of nitrogens with zero attached hydrogens (tertiary/aromatic N) is 2. The molecule has 0 aliphatic rings. The van der Waals surface area contributed by atoms with Crippen molar-refractivity contribution in [1.82, 2.24) is 15.3 Å². The largest absolute Gasteiger partial charge is 0.505 e. The molecule has 10 heteroatoms. The van der Waals surface area contributed by atoms with Gasteiger partial charge in [-0.3, -0.25) is 9.59 Å². The van der Waals surface area contributed by atoms with Crippen molar-refractivity contribution >= 4 is 46.0 Å². The monoisotopic (exact) mass is 407 g/mol. The first-order valence-corrected chi connectivity index (χ1v) is 8.23. The number of rotatable bonds is 5. The highest BCUT2D eigenvalue weighted by Gasteiger charge is 2.20. The van der Waals surface area contributed by atoms with E-state index in [1.165, 1.54) is 12.1 Å². The van der Waals surface area contributed by atoms with Gasteiger partial charge in [-0.1, -0.05) is 23.2 Å². The summed E-state index contributed by atoms with van der Waals surface area (Å²) in [6.07, 6.45) is 0. The molecule has 0 radical (unpaired) electrons. The molecule has 2 aromatic heterocycles. The number of carboxylic acids is 1. The molecule has 3 N–H and O–H groups in total. The molecule has 0 fully saturated rings. The van der Waals surface area contributed by atoms with Crippen molar-refractivity contribution in [2.24, 2.45) is 0 Å². The molecule has 1 aromatic carbocycles. The van der Waals surface area contributed by atoms with Crippen molar-refractivity contribution in [1.29, 1.82) is 0 Å². The number of fused-ring (bicyclic) bond motifs is 1. The van der Waals surface area contributed by atoms with Crippen molar-refractivity contribution in [3.8, 4) is 17.4 Å². The van der Waals surface area contributed by atoms with Gasteiger partial charge in [-0.05, 0) is 30.3 Å². The van der Waals surface area contributed by atoms with E-state index in [1.807, 2.05) is 0 Å². The van der Waals surface area contributed by atoms with Gasteiger partial charge in [-0.25, -0.2) is 9.97 Å². The number of carbonyl (C=O) groups is 2. The lowest BCUT2D eigenvalue weighted by Gasteiger charge is -2.10. The average Bonchev–Trinajstić information content (AvgIpc) is 2.64. The maximum atomic E-state index is 12.0. The molecule has 3 aromatic rings. The Morgan fingerprint density at radius 3 is 2.44 bits per heavy atom. The number of aromatic nitrogens is 2. The van der Waals surface area contributed by atoms with Gasteiger partial charge >= 0.3 is 5.97 Å². The normalized spacial score (nSPS) is 10.6. The molecule has 0 atom stereocenters. The number of ether oxygens (including phenoxy) is 1. The Bertz CT molecular complexity index is 1040. The van der Waals surface area contributed by atoms with E-state index >= 15 is 0 Å². The summed E-state index contributed by atoms with van der Waals surface area (Å²) in [5.74, 6) is -1.90. The third kappa shape index (κ3) is 4.18. The van der Waals surface area contributed by atoms with E-state index < -0.39 is 29.9 Å². The van der Waals surface area contributed by atoms with Crippen LogP contribution in [-0.4, -0.2) is 38.6 Å². The Morgan fingerprint density at radius 1 is 1.07 bits per heavy atom. The smallest absolute Gasteiger partial charge is 0.322 e. The standard InChI is InChI=1S/C17H11Cl2N3O5/c18-8-1-3-9(4-2-8)27-11-6-5-10-13(21-11)16(19)22-14(15(10)25)17(26)20-7-12(23)24/h1-6,25H,7H2,(H,20,26)(H,23,24). The van der Waals surface area contributed by atoms with Crippen LogP contribution < -0.4 is 10.1 Å². The summed E-state index contributed by atoms with van der Waals surface area (Å²) in [6, 6.07) is 9.56. The number of benzene rings is 1. The number of halogens is 2. The highest BCUT2D eigenvalue weighted by atomic mass is 35.5. The molecule has 0 saturated heterocycles. The van der Waals surface area contributed by atoms with E-state index in [0.717, 1.165) is 0 Å². The van der Waals surface area contributed by atoms with Gasteiger partial charge in [0.1, 0.15) is 17.8 Å². The fourth-order valence-electron chi connectivity index (χ4n) is 2.20. The lowest BCUT2D eigenvalue weighted by molar-refractivity contribution is -0.135. The summed E-state index contributed by atoms with van der Waals surface area (Å²) in [6.45, 7) is -0.623. The molecule has 0 aliphatic carbocycles. The molecule has 27 heavy (non-hydrogen) atoms. The second-order valence-corrected chi connectivity index (χ2v) is 6.07. The Balaban J connectivity index is 1.94. The van der Waals surface area contributed by atoms with Crippen LogP contribution in [0, 0.1) is 0 Å². The lowest BCUT2D eigenvalue weighted by Crippen LogP contribution is -2.30. The number of aromatic hydroxyl groups is 1. The van der Waals surface area contributed by atoms with Gasteiger partial charge in [-0.15, -0.1) is 0 Å². The molecule has 0 unspecified atom stereocenters. The van der Waals surface area contributed by atoms with Crippen LogP contribution in [-0.2, 0) is 4.79 Å². The van der Waals surface area contributed by atoms with Gasteiger partial charge in [0.15, 0.2) is 16.6 Å². The molecule has 1 amide bonds. The molecular weight excluding hydrogens is 397 g/mol. The summed E-state index contributed by atoms with van der Waals surface area (Å²) >= 11 is 11.9. The van der Waals surface area contributed by atoms with Crippen LogP contribution in [0.25, 0.3) is 10.9 Å². The third-order valence-corrected chi connectivity index (χ3v) is 3.92. The van der Waals surface area contributed by atoms with Crippen LogP contribution in [0.1, 0.15) is 10.5 Å². The zero-order valence-corrected chi connectivity index (χ0v) is 15.0. The Labute approximate surface area is 162 Å². The molecule has 3 rings (SSSR count). The molecule has 0 bridgehead atoms. The molecule has 0 aliphatic heterocycles. The number of pyridine rings is 2. The number of hydrogen-bond acceptors (Lipinski definition) is 6. The second-order valence-electron chi connectivity index (χ2n) is 5.28. The first kappa shape index (κ1) is 18.7. The van der Waals surface area contributed by atoms with Crippen molar-refractivity contribution in [2.75, 3.05) is 6.54 Å². The van der Waals surface area contributed by atoms with E-state index in [-0.39, 0.29) is 21.9 Å². The van der Waals surface area contributed by atoms with Crippen molar-refractivity contribution in [2.45, 2.75) is 0 Å².